The standard InChI is InChI=1S/C17H24N4O3/c1-3-21(4-2)12-14-18-16(20-24-14)17(9-5-6-10-17)19-15(22)13-8-7-11-23-13/h7-8,11H,3-6,9-10,12H2,1-2H3,(H,19,22). The molecule has 0 unspecified atom stereocenters. The summed E-state index contributed by atoms with van der Waals surface area (Å²) in [6, 6.07) is 3.35. The van der Waals surface area contributed by atoms with Crippen LogP contribution in [-0.4, -0.2) is 34.0 Å². The summed E-state index contributed by atoms with van der Waals surface area (Å²) in [6.07, 6.45) is 5.16. The topological polar surface area (TPSA) is 84.4 Å². The van der Waals surface area contributed by atoms with E-state index in [4.69, 9.17) is 8.94 Å². The average molecular weight is 332 g/mol. The van der Waals surface area contributed by atoms with Gasteiger partial charge in [-0.2, -0.15) is 4.98 Å². The minimum Gasteiger partial charge on any atom is -0.459 e. The Morgan fingerprint density at radius 1 is 1.33 bits per heavy atom. The fourth-order valence-corrected chi connectivity index (χ4v) is 3.22. The largest absolute Gasteiger partial charge is 0.459 e. The molecule has 2 aromatic heterocycles. The quantitative estimate of drug-likeness (QED) is 0.839. The lowest BCUT2D eigenvalue weighted by Crippen LogP contribution is -2.44. The molecule has 0 spiro atoms. The Morgan fingerprint density at radius 3 is 2.71 bits per heavy atom. The molecule has 7 nitrogen and oxygen atoms in total. The van der Waals surface area contributed by atoms with Gasteiger partial charge in [0, 0.05) is 0 Å². The van der Waals surface area contributed by atoms with Crippen LogP contribution in [0.5, 0.6) is 0 Å². The molecule has 1 aliphatic rings. The number of furan rings is 1. The number of carbonyl (C=O) groups is 1. The van der Waals surface area contributed by atoms with Crippen molar-refractivity contribution in [3.63, 3.8) is 0 Å². The molecule has 0 saturated heterocycles. The summed E-state index contributed by atoms with van der Waals surface area (Å²) in [7, 11) is 0. The van der Waals surface area contributed by atoms with Gasteiger partial charge in [0.2, 0.25) is 5.89 Å². The predicted molar refractivity (Wildman–Crippen MR) is 87.2 cm³/mol. The number of amides is 1. The summed E-state index contributed by atoms with van der Waals surface area (Å²) in [4.78, 5) is 19.2. The summed E-state index contributed by atoms with van der Waals surface area (Å²) in [5.74, 6) is 1.22. The molecule has 1 saturated carbocycles. The molecule has 0 aliphatic heterocycles. The second kappa shape index (κ2) is 7.17. The van der Waals surface area contributed by atoms with Crippen molar-refractivity contribution in [2.75, 3.05) is 13.1 Å². The molecule has 1 fully saturated rings. The Bertz CT molecular complexity index is 655. The Balaban J connectivity index is 1.78. The highest BCUT2D eigenvalue weighted by atomic mass is 16.5. The molecule has 7 heteroatoms. The highest BCUT2D eigenvalue weighted by Crippen LogP contribution is 2.37. The van der Waals surface area contributed by atoms with E-state index in [1.165, 1.54) is 6.26 Å². The van der Waals surface area contributed by atoms with Crippen LogP contribution in [0.25, 0.3) is 0 Å². The molecule has 0 aromatic carbocycles. The Morgan fingerprint density at radius 2 is 2.08 bits per heavy atom. The molecule has 0 radical (unpaired) electrons. The van der Waals surface area contributed by atoms with Crippen molar-refractivity contribution in [3.05, 3.63) is 35.9 Å². The molecular weight excluding hydrogens is 308 g/mol. The molecule has 130 valence electrons. The van der Waals surface area contributed by atoms with Gasteiger partial charge in [-0.15, -0.1) is 0 Å². The van der Waals surface area contributed by atoms with Gasteiger partial charge in [-0.25, -0.2) is 0 Å². The third-order valence-electron chi connectivity index (χ3n) is 4.70. The zero-order valence-electron chi connectivity index (χ0n) is 14.2. The lowest BCUT2D eigenvalue weighted by atomic mass is 9.96. The molecule has 1 N–H and O–H groups in total. The minimum absolute atomic E-state index is 0.239. The van der Waals surface area contributed by atoms with Crippen LogP contribution < -0.4 is 5.32 Å². The van der Waals surface area contributed by atoms with Crippen molar-refractivity contribution in [1.82, 2.24) is 20.4 Å². The lowest BCUT2D eigenvalue weighted by molar-refractivity contribution is 0.0863. The Kier molecular flexibility index (Phi) is 4.99. The number of hydrogen-bond acceptors (Lipinski definition) is 6. The van der Waals surface area contributed by atoms with E-state index in [0.717, 1.165) is 38.8 Å². The number of carbonyl (C=O) groups excluding carboxylic acids is 1. The van der Waals surface area contributed by atoms with E-state index < -0.39 is 5.54 Å². The smallest absolute Gasteiger partial charge is 0.287 e. The summed E-state index contributed by atoms with van der Waals surface area (Å²) in [6.45, 7) is 6.68. The highest BCUT2D eigenvalue weighted by Gasteiger charge is 2.42. The first-order valence-corrected chi connectivity index (χ1v) is 8.58. The third-order valence-corrected chi connectivity index (χ3v) is 4.70. The van der Waals surface area contributed by atoms with Crippen LogP contribution >= 0.6 is 0 Å². The molecule has 2 aromatic rings. The zero-order valence-corrected chi connectivity index (χ0v) is 14.2. The molecular formula is C17H24N4O3. The fraction of sp³-hybridized carbons (Fsp3) is 0.588. The first-order chi connectivity index (χ1) is 11.7. The van der Waals surface area contributed by atoms with Crippen molar-refractivity contribution >= 4 is 5.91 Å². The van der Waals surface area contributed by atoms with Crippen LogP contribution in [0.3, 0.4) is 0 Å². The van der Waals surface area contributed by atoms with E-state index in [1.807, 2.05) is 0 Å². The molecule has 24 heavy (non-hydrogen) atoms. The Hall–Kier alpha value is -2.15. The minimum atomic E-state index is -0.561. The summed E-state index contributed by atoms with van der Waals surface area (Å²) >= 11 is 0. The number of nitrogens with zero attached hydrogens (tertiary/aromatic N) is 3. The maximum atomic E-state index is 12.4. The molecule has 0 atom stereocenters. The van der Waals surface area contributed by atoms with Crippen LogP contribution in [-0.2, 0) is 12.1 Å². The van der Waals surface area contributed by atoms with Gasteiger partial charge in [0.25, 0.3) is 5.91 Å². The second-order valence-corrected chi connectivity index (χ2v) is 6.19. The first kappa shape index (κ1) is 16.7. The van der Waals surface area contributed by atoms with Gasteiger partial charge in [0.15, 0.2) is 11.6 Å². The van der Waals surface area contributed by atoms with E-state index in [1.54, 1.807) is 12.1 Å². The van der Waals surface area contributed by atoms with Crippen LogP contribution in [0.1, 0.15) is 61.8 Å². The maximum absolute atomic E-state index is 12.4. The molecule has 1 amide bonds. The van der Waals surface area contributed by atoms with Crippen LogP contribution in [0.2, 0.25) is 0 Å². The average Bonchev–Trinajstić information content (AvgIpc) is 3.33. The number of nitrogens with one attached hydrogen (secondary N) is 1. The van der Waals surface area contributed by atoms with Crippen LogP contribution in [0, 0.1) is 0 Å². The van der Waals surface area contributed by atoms with Crippen molar-refractivity contribution in [3.8, 4) is 0 Å². The molecule has 2 heterocycles. The van der Waals surface area contributed by atoms with Gasteiger partial charge in [-0.1, -0.05) is 31.8 Å². The molecule has 3 rings (SSSR count). The van der Waals surface area contributed by atoms with E-state index in [-0.39, 0.29) is 5.91 Å². The van der Waals surface area contributed by atoms with Gasteiger partial charge in [0.1, 0.15) is 5.54 Å². The zero-order chi connectivity index (χ0) is 17.0. The normalized spacial score (nSPS) is 16.6. The number of rotatable bonds is 7. The third kappa shape index (κ3) is 3.36. The monoisotopic (exact) mass is 332 g/mol. The summed E-state index contributed by atoms with van der Waals surface area (Å²) in [5.41, 5.74) is -0.561. The van der Waals surface area contributed by atoms with E-state index in [9.17, 15) is 4.79 Å². The van der Waals surface area contributed by atoms with Gasteiger partial charge in [0.05, 0.1) is 12.8 Å². The van der Waals surface area contributed by atoms with Crippen molar-refractivity contribution < 1.29 is 13.7 Å². The van der Waals surface area contributed by atoms with E-state index >= 15 is 0 Å². The van der Waals surface area contributed by atoms with Crippen LogP contribution in [0.4, 0.5) is 0 Å². The maximum Gasteiger partial charge on any atom is 0.287 e. The predicted octanol–water partition coefficient (Wildman–Crippen LogP) is 2.70. The fourth-order valence-electron chi connectivity index (χ4n) is 3.22. The lowest BCUT2D eigenvalue weighted by Gasteiger charge is -2.26. The van der Waals surface area contributed by atoms with E-state index in [0.29, 0.717) is 24.0 Å². The van der Waals surface area contributed by atoms with Gasteiger partial charge < -0.3 is 14.3 Å². The highest BCUT2D eigenvalue weighted by molar-refractivity contribution is 5.92. The van der Waals surface area contributed by atoms with Crippen LogP contribution in [0.15, 0.2) is 27.3 Å². The molecule has 0 bridgehead atoms. The van der Waals surface area contributed by atoms with Gasteiger partial charge >= 0.3 is 0 Å². The van der Waals surface area contributed by atoms with Gasteiger partial charge in [-0.3, -0.25) is 9.69 Å². The van der Waals surface area contributed by atoms with Crippen molar-refractivity contribution in [2.24, 2.45) is 0 Å². The van der Waals surface area contributed by atoms with Crippen molar-refractivity contribution in [1.29, 1.82) is 0 Å². The second-order valence-electron chi connectivity index (χ2n) is 6.19. The summed E-state index contributed by atoms with van der Waals surface area (Å²) < 4.78 is 10.6. The SMILES string of the molecule is CCN(CC)Cc1nc(C2(NC(=O)c3ccco3)CCCC2)no1. The summed E-state index contributed by atoms with van der Waals surface area (Å²) in [5, 5.41) is 7.24. The number of aromatic nitrogens is 2. The Labute approximate surface area is 141 Å². The van der Waals surface area contributed by atoms with Gasteiger partial charge in [-0.05, 0) is 38.1 Å². The first-order valence-electron chi connectivity index (χ1n) is 8.58. The number of hydrogen-bond donors (Lipinski definition) is 1. The van der Waals surface area contributed by atoms with Crippen molar-refractivity contribution in [2.45, 2.75) is 51.6 Å². The van der Waals surface area contributed by atoms with E-state index in [2.05, 4.69) is 34.2 Å². The molecule has 1 aliphatic carbocycles.